The van der Waals surface area contributed by atoms with E-state index in [0.29, 0.717) is 28.9 Å². The van der Waals surface area contributed by atoms with E-state index in [-0.39, 0.29) is 11.6 Å². The van der Waals surface area contributed by atoms with Gasteiger partial charge in [0.2, 0.25) is 0 Å². The Hall–Kier alpha value is -3.63. The van der Waals surface area contributed by atoms with E-state index in [0.717, 1.165) is 5.69 Å². The van der Waals surface area contributed by atoms with Crippen LogP contribution in [0.3, 0.4) is 0 Å². The van der Waals surface area contributed by atoms with Crippen LogP contribution in [0.2, 0.25) is 0 Å². The standard InChI is InChI=1S/C17H21B3N8O2/c1-9-5-6-12(26-25-9)23-13-8-10(22-15-11(30-2)4-3-7-21-15)14(28-27-13)16(29)24-17(18,19)20/h3-8H,18-20H2,1-2H3,(H,24,29)(H2,21,22,23,26,27). The van der Waals surface area contributed by atoms with Crippen molar-refractivity contribution in [3.63, 3.8) is 0 Å². The largest absolute Gasteiger partial charge is 0.493 e. The summed E-state index contributed by atoms with van der Waals surface area (Å²) in [5.74, 6) is 1.49. The third-order valence-corrected chi connectivity index (χ3v) is 3.80. The van der Waals surface area contributed by atoms with Gasteiger partial charge >= 0.3 is 0 Å². The molecule has 0 spiro atoms. The third-order valence-electron chi connectivity index (χ3n) is 3.80. The summed E-state index contributed by atoms with van der Waals surface area (Å²) >= 11 is 0. The zero-order valence-corrected chi connectivity index (χ0v) is 17.5. The van der Waals surface area contributed by atoms with Crippen LogP contribution in [0.5, 0.6) is 5.75 Å². The van der Waals surface area contributed by atoms with Crippen LogP contribution in [0.25, 0.3) is 0 Å². The number of aromatic nitrogens is 5. The Labute approximate surface area is 176 Å². The molecular formula is C17H21B3N8O2. The number of ether oxygens (including phenoxy) is 1. The van der Waals surface area contributed by atoms with E-state index in [2.05, 4.69) is 41.3 Å². The van der Waals surface area contributed by atoms with Crippen LogP contribution in [-0.4, -0.2) is 67.2 Å². The van der Waals surface area contributed by atoms with E-state index in [1.165, 1.54) is 0 Å². The summed E-state index contributed by atoms with van der Waals surface area (Å²) in [4.78, 5) is 17.1. The van der Waals surface area contributed by atoms with Crippen molar-refractivity contribution in [2.45, 2.75) is 12.2 Å². The maximum atomic E-state index is 12.8. The van der Waals surface area contributed by atoms with Crippen molar-refractivity contribution < 1.29 is 9.53 Å². The molecule has 0 atom stereocenters. The van der Waals surface area contributed by atoms with E-state index in [1.807, 2.05) is 36.5 Å². The van der Waals surface area contributed by atoms with Crippen molar-refractivity contribution in [3.05, 3.63) is 47.9 Å². The Bertz CT molecular complexity index is 1040. The van der Waals surface area contributed by atoms with Gasteiger partial charge in [-0.2, -0.15) is 5.10 Å². The number of hydrogen-bond acceptors (Lipinski definition) is 9. The first kappa shape index (κ1) is 21.1. The van der Waals surface area contributed by atoms with Crippen LogP contribution >= 0.6 is 0 Å². The number of carbonyl (C=O) groups excluding carboxylic acids is 1. The molecule has 1 amide bonds. The molecule has 0 aromatic carbocycles. The number of pyridine rings is 1. The Morgan fingerprint density at radius 3 is 2.47 bits per heavy atom. The number of hydrogen-bond donors (Lipinski definition) is 3. The number of aryl methyl sites for hydroxylation is 1. The quantitative estimate of drug-likeness (QED) is 0.414. The molecule has 0 saturated carbocycles. The Kier molecular flexibility index (Phi) is 6.19. The normalized spacial score (nSPS) is 10.9. The van der Waals surface area contributed by atoms with Crippen LogP contribution in [0.4, 0.5) is 23.1 Å². The highest BCUT2D eigenvalue weighted by atomic mass is 16.5. The van der Waals surface area contributed by atoms with Gasteiger partial charge in [0, 0.05) is 12.3 Å². The highest BCUT2D eigenvalue weighted by Crippen LogP contribution is 2.27. The summed E-state index contributed by atoms with van der Waals surface area (Å²) in [5, 5.41) is 24.9. The van der Waals surface area contributed by atoms with Crippen molar-refractivity contribution in [2.75, 3.05) is 17.7 Å². The Morgan fingerprint density at radius 2 is 1.80 bits per heavy atom. The molecule has 3 aromatic heterocycles. The number of amides is 1. The second-order valence-electron chi connectivity index (χ2n) is 7.56. The minimum absolute atomic E-state index is 0.123. The molecule has 0 unspecified atom stereocenters. The third kappa shape index (κ3) is 5.46. The lowest BCUT2D eigenvalue weighted by molar-refractivity contribution is 0.0947. The van der Waals surface area contributed by atoms with Gasteiger partial charge < -0.3 is 20.7 Å². The number of nitrogens with zero attached hydrogens (tertiary/aromatic N) is 5. The number of methoxy groups -OCH3 is 1. The predicted octanol–water partition coefficient (Wildman–Crippen LogP) is -1.29. The molecule has 3 rings (SSSR count). The molecule has 3 aromatic rings. The molecule has 0 aliphatic carbocycles. The smallest absolute Gasteiger partial charge is 0.272 e. The van der Waals surface area contributed by atoms with Gasteiger partial charge in [-0.3, -0.25) is 4.79 Å². The maximum absolute atomic E-state index is 12.8. The summed E-state index contributed by atoms with van der Waals surface area (Å²) in [6.07, 6.45) is 1.62. The summed E-state index contributed by atoms with van der Waals surface area (Å²) in [7, 11) is 7.21. The Morgan fingerprint density at radius 1 is 1.03 bits per heavy atom. The van der Waals surface area contributed by atoms with Crippen LogP contribution in [0.15, 0.2) is 36.5 Å². The van der Waals surface area contributed by atoms with Gasteiger partial charge in [-0.25, -0.2) is 4.98 Å². The SMILES string of the molecule is BC(B)(B)NC(=O)c1nnc(Nc2ccc(C)nn2)cc1Nc1ncccc1OC. The van der Waals surface area contributed by atoms with Crippen molar-refractivity contribution in [2.24, 2.45) is 0 Å². The summed E-state index contributed by atoms with van der Waals surface area (Å²) in [6.45, 7) is 1.85. The fraction of sp³-hybridized carbons (Fsp3) is 0.176. The molecule has 150 valence electrons. The van der Waals surface area contributed by atoms with Gasteiger partial charge in [0.25, 0.3) is 5.91 Å². The molecule has 0 radical (unpaired) electrons. The van der Waals surface area contributed by atoms with Crippen molar-refractivity contribution in [1.82, 2.24) is 30.7 Å². The molecular weight excluding hydrogens is 381 g/mol. The van der Waals surface area contributed by atoms with E-state index >= 15 is 0 Å². The minimum Gasteiger partial charge on any atom is -0.493 e. The van der Waals surface area contributed by atoms with Crippen molar-refractivity contribution in [1.29, 1.82) is 0 Å². The monoisotopic (exact) mass is 402 g/mol. The van der Waals surface area contributed by atoms with Crippen LogP contribution in [-0.2, 0) is 0 Å². The van der Waals surface area contributed by atoms with Gasteiger partial charge in [-0.05, 0) is 36.4 Å². The van der Waals surface area contributed by atoms with E-state index in [1.54, 1.807) is 37.6 Å². The zero-order valence-electron chi connectivity index (χ0n) is 17.5. The van der Waals surface area contributed by atoms with E-state index in [4.69, 9.17) is 4.74 Å². The van der Waals surface area contributed by atoms with Gasteiger partial charge in [0.15, 0.2) is 28.9 Å². The minimum atomic E-state index is -0.437. The van der Waals surface area contributed by atoms with E-state index in [9.17, 15) is 4.79 Å². The topological polar surface area (TPSA) is 127 Å². The lowest BCUT2D eigenvalue weighted by atomic mass is 9.49. The molecule has 10 nitrogen and oxygen atoms in total. The first-order valence-electron chi connectivity index (χ1n) is 9.29. The van der Waals surface area contributed by atoms with Gasteiger partial charge in [-0.1, -0.05) is 0 Å². The highest BCUT2D eigenvalue weighted by molar-refractivity contribution is 6.60. The van der Waals surface area contributed by atoms with Crippen LogP contribution in [0.1, 0.15) is 16.2 Å². The Balaban J connectivity index is 1.97. The van der Waals surface area contributed by atoms with Gasteiger partial charge in [-0.15, -0.1) is 15.3 Å². The van der Waals surface area contributed by atoms with Gasteiger partial charge in [0.1, 0.15) is 23.5 Å². The van der Waals surface area contributed by atoms with Crippen LogP contribution < -0.4 is 20.7 Å². The molecule has 3 heterocycles. The number of rotatable bonds is 7. The molecule has 3 N–H and O–H groups in total. The fourth-order valence-electron chi connectivity index (χ4n) is 2.49. The summed E-state index contributed by atoms with van der Waals surface area (Å²) in [6, 6.07) is 8.77. The second kappa shape index (κ2) is 8.81. The lowest BCUT2D eigenvalue weighted by Crippen LogP contribution is -2.50. The number of carbonyl (C=O) groups is 1. The second-order valence-corrected chi connectivity index (χ2v) is 7.56. The van der Waals surface area contributed by atoms with Crippen LogP contribution in [0, 0.1) is 6.92 Å². The average molecular weight is 402 g/mol. The fourth-order valence-corrected chi connectivity index (χ4v) is 2.49. The predicted molar refractivity (Wildman–Crippen MR) is 122 cm³/mol. The highest BCUT2D eigenvalue weighted by Gasteiger charge is 2.22. The van der Waals surface area contributed by atoms with Crippen molar-refractivity contribution in [3.8, 4) is 5.75 Å². The number of anilines is 4. The maximum Gasteiger partial charge on any atom is 0.272 e. The first-order chi connectivity index (χ1) is 14.2. The summed E-state index contributed by atoms with van der Waals surface area (Å²) in [5.41, 5.74) is 1.33. The molecule has 0 fully saturated rings. The molecule has 30 heavy (non-hydrogen) atoms. The zero-order chi connectivity index (χ0) is 21.7. The summed E-state index contributed by atoms with van der Waals surface area (Å²) < 4.78 is 5.34. The molecule has 13 heteroatoms. The van der Waals surface area contributed by atoms with E-state index < -0.39 is 5.24 Å². The molecule has 0 aliphatic rings. The number of nitrogens with one attached hydrogen (secondary N) is 3. The average Bonchev–Trinajstić information content (AvgIpc) is 2.69. The van der Waals surface area contributed by atoms with Gasteiger partial charge in [0.05, 0.1) is 18.5 Å². The molecule has 0 bridgehead atoms. The van der Waals surface area contributed by atoms with Crippen molar-refractivity contribution >= 4 is 52.6 Å². The molecule has 0 saturated heterocycles. The molecule has 0 aliphatic heterocycles. The lowest BCUT2D eigenvalue weighted by Gasteiger charge is -2.21. The first-order valence-corrected chi connectivity index (χ1v) is 9.29.